The van der Waals surface area contributed by atoms with Crippen LogP contribution in [-0.2, 0) is 0 Å². The molecule has 1 aromatic heterocycles. The molecule has 2 rings (SSSR count). The molecule has 1 fully saturated rings. The molecule has 0 unspecified atom stereocenters. The quantitative estimate of drug-likeness (QED) is 0.749. The molecule has 1 aliphatic heterocycles. The highest BCUT2D eigenvalue weighted by Gasteiger charge is 2.24. The zero-order chi connectivity index (χ0) is 11.7. The van der Waals surface area contributed by atoms with Crippen LogP contribution in [0.5, 0.6) is 0 Å². The molecule has 1 aromatic rings. The van der Waals surface area contributed by atoms with E-state index in [9.17, 15) is 4.79 Å². The molecule has 5 nitrogen and oxygen atoms in total. The van der Waals surface area contributed by atoms with Crippen LogP contribution in [0.2, 0.25) is 0 Å². The fourth-order valence-electron chi connectivity index (χ4n) is 2.03. The molecule has 2 heterocycles. The van der Waals surface area contributed by atoms with E-state index in [-0.39, 0.29) is 5.91 Å². The van der Waals surface area contributed by atoms with Crippen molar-refractivity contribution in [2.75, 3.05) is 33.2 Å². The standard InChI is InChI=1S/C11H18N4O/c1-8-10(9(2)13-12-8)11(16)15-6-4-14(3)5-7-15/h4-7H2,1-3H3,(H,12,13). The van der Waals surface area contributed by atoms with E-state index >= 15 is 0 Å². The highest BCUT2D eigenvalue weighted by atomic mass is 16.2. The summed E-state index contributed by atoms with van der Waals surface area (Å²) in [7, 11) is 2.08. The van der Waals surface area contributed by atoms with Gasteiger partial charge in [0.05, 0.1) is 11.3 Å². The van der Waals surface area contributed by atoms with Crippen LogP contribution in [0.25, 0.3) is 0 Å². The number of amides is 1. The lowest BCUT2D eigenvalue weighted by Gasteiger charge is -2.32. The normalized spacial score (nSPS) is 17.8. The number of aromatic amines is 1. The van der Waals surface area contributed by atoms with Crippen molar-refractivity contribution in [2.45, 2.75) is 13.8 Å². The number of rotatable bonds is 1. The van der Waals surface area contributed by atoms with Crippen LogP contribution < -0.4 is 0 Å². The van der Waals surface area contributed by atoms with Crippen molar-refractivity contribution >= 4 is 5.91 Å². The Kier molecular flexibility index (Phi) is 2.96. The zero-order valence-electron chi connectivity index (χ0n) is 10.1. The molecule has 0 atom stereocenters. The fraction of sp³-hybridized carbons (Fsp3) is 0.636. The van der Waals surface area contributed by atoms with Gasteiger partial charge in [-0.3, -0.25) is 9.89 Å². The SMILES string of the molecule is Cc1n[nH]c(C)c1C(=O)N1CCN(C)CC1. The predicted molar refractivity (Wildman–Crippen MR) is 61.5 cm³/mol. The Labute approximate surface area is 95.4 Å². The Morgan fingerprint density at radius 3 is 2.38 bits per heavy atom. The first kappa shape index (κ1) is 11.1. The smallest absolute Gasteiger partial charge is 0.257 e. The summed E-state index contributed by atoms with van der Waals surface area (Å²) >= 11 is 0. The van der Waals surface area contributed by atoms with Gasteiger partial charge in [0.25, 0.3) is 5.91 Å². The number of hydrogen-bond donors (Lipinski definition) is 1. The molecule has 1 saturated heterocycles. The third-order valence-electron chi connectivity index (χ3n) is 3.13. The lowest BCUT2D eigenvalue weighted by atomic mass is 10.1. The van der Waals surface area contributed by atoms with Crippen molar-refractivity contribution < 1.29 is 4.79 Å². The molecule has 1 N–H and O–H groups in total. The van der Waals surface area contributed by atoms with Gasteiger partial charge in [-0.15, -0.1) is 0 Å². The van der Waals surface area contributed by atoms with Crippen molar-refractivity contribution in [1.82, 2.24) is 20.0 Å². The summed E-state index contributed by atoms with van der Waals surface area (Å²) in [5, 5.41) is 6.92. The molecular formula is C11H18N4O. The maximum atomic E-state index is 12.3. The van der Waals surface area contributed by atoms with Gasteiger partial charge in [0.15, 0.2) is 0 Å². The summed E-state index contributed by atoms with van der Waals surface area (Å²) in [4.78, 5) is 16.4. The van der Waals surface area contributed by atoms with E-state index in [1.165, 1.54) is 0 Å². The minimum absolute atomic E-state index is 0.108. The van der Waals surface area contributed by atoms with Crippen molar-refractivity contribution in [3.8, 4) is 0 Å². The second-order valence-electron chi connectivity index (χ2n) is 4.40. The molecule has 1 aliphatic rings. The van der Waals surface area contributed by atoms with Crippen LogP contribution in [-0.4, -0.2) is 59.1 Å². The van der Waals surface area contributed by atoms with Gasteiger partial charge < -0.3 is 9.80 Å². The predicted octanol–water partition coefficient (Wildman–Crippen LogP) is 0.414. The summed E-state index contributed by atoms with van der Waals surface area (Å²) in [5.74, 6) is 0.108. The van der Waals surface area contributed by atoms with E-state index in [1.807, 2.05) is 18.7 Å². The van der Waals surface area contributed by atoms with Crippen LogP contribution in [0.3, 0.4) is 0 Å². The lowest BCUT2D eigenvalue weighted by Crippen LogP contribution is -2.47. The van der Waals surface area contributed by atoms with Crippen molar-refractivity contribution in [3.63, 3.8) is 0 Å². The Bertz CT molecular complexity index is 371. The van der Waals surface area contributed by atoms with E-state index in [2.05, 4.69) is 22.1 Å². The van der Waals surface area contributed by atoms with Crippen LogP contribution in [0, 0.1) is 13.8 Å². The van der Waals surface area contributed by atoms with Gasteiger partial charge >= 0.3 is 0 Å². The molecule has 0 spiro atoms. The Balaban J connectivity index is 2.14. The number of carbonyl (C=O) groups is 1. The number of aryl methyl sites for hydroxylation is 2. The minimum Gasteiger partial charge on any atom is -0.336 e. The third kappa shape index (κ3) is 1.95. The average molecular weight is 222 g/mol. The molecule has 0 saturated carbocycles. The monoisotopic (exact) mass is 222 g/mol. The number of carbonyl (C=O) groups excluding carboxylic acids is 1. The van der Waals surface area contributed by atoms with E-state index in [0.29, 0.717) is 0 Å². The van der Waals surface area contributed by atoms with Gasteiger partial charge in [-0.1, -0.05) is 0 Å². The minimum atomic E-state index is 0.108. The zero-order valence-corrected chi connectivity index (χ0v) is 10.1. The molecule has 5 heteroatoms. The Hall–Kier alpha value is -1.36. The van der Waals surface area contributed by atoms with Gasteiger partial charge in [0, 0.05) is 31.9 Å². The molecule has 0 bridgehead atoms. The number of hydrogen-bond acceptors (Lipinski definition) is 3. The maximum absolute atomic E-state index is 12.3. The summed E-state index contributed by atoms with van der Waals surface area (Å²) < 4.78 is 0. The summed E-state index contributed by atoms with van der Waals surface area (Å²) in [6, 6.07) is 0. The largest absolute Gasteiger partial charge is 0.336 e. The van der Waals surface area contributed by atoms with Gasteiger partial charge in [-0.05, 0) is 20.9 Å². The van der Waals surface area contributed by atoms with E-state index in [0.717, 1.165) is 43.1 Å². The molecule has 0 aliphatic carbocycles. The Morgan fingerprint density at radius 1 is 1.25 bits per heavy atom. The van der Waals surface area contributed by atoms with Crippen LogP contribution >= 0.6 is 0 Å². The number of nitrogens with one attached hydrogen (secondary N) is 1. The molecule has 0 radical (unpaired) electrons. The number of aromatic nitrogens is 2. The second kappa shape index (κ2) is 4.25. The first-order valence-corrected chi connectivity index (χ1v) is 5.59. The van der Waals surface area contributed by atoms with Gasteiger partial charge in [0.1, 0.15) is 0 Å². The summed E-state index contributed by atoms with van der Waals surface area (Å²) in [5.41, 5.74) is 2.40. The molecular weight excluding hydrogens is 204 g/mol. The highest BCUT2D eigenvalue weighted by molar-refractivity contribution is 5.96. The molecule has 16 heavy (non-hydrogen) atoms. The summed E-state index contributed by atoms with van der Waals surface area (Å²) in [6.07, 6.45) is 0. The highest BCUT2D eigenvalue weighted by Crippen LogP contribution is 2.13. The van der Waals surface area contributed by atoms with Crippen LogP contribution in [0.4, 0.5) is 0 Å². The number of likely N-dealkylation sites (N-methyl/N-ethyl adjacent to an activating group) is 1. The molecule has 0 aromatic carbocycles. The molecule has 1 amide bonds. The van der Waals surface area contributed by atoms with E-state index in [4.69, 9.17) is 0 Å². The fourth-order valence-corrected chi connectivity index (χ4v) is 2.03. The Morgan fingerprint density at radius 2 is 1.88 bits per heavy atom. The van der Waals surface area contributed by atoms with Crippen LogP contribution in [0.15, 0.2) is 0 Å². The van der Waals surface area contributed by atoms with E-state index < -0.39 is 0 Å². The lowest BCUT2D eigenvalue weighted by molar-refractivity contribution is 0.0662. The second-order valence-corrected chi connectivity index (χ2v) is 4.40. The van der Waals surface area contributed by atoms with E-state index in [1.54, 1.807) is 0 Å². The topological polar surface area (TPSA) is 52.2 Å². The molecule has 88 valence electrons. The number of piperazine rings is 1. The number of H-pyrrole nitrogens is 1. The van der Waals surface area contributed by atoms with Gasteiger partial charge in [-0.25, -0.2) is 0 Å². The summed E-state index contributed by atoms with van der Waals surface area (Å²) in [6.45, 7) is 7.26. The van der Waals surface area contributed by atoms with Crippen molar-refractivity contribution in [2.24, 2.45) is 0 Å². The first-order valence-electron chi connectivity index (χ1n) is 5.59. The average Bonchev–Trinajstić information content (AvgIpc) is 2.59. The van der Waals surface area contributed by atoms with Crippen LogP contribution in [0.1, 0.15) is 21.7 Å². The van der Waals surface area contributed by atoms with Gasteiger partial charge in [-0.2, -0.15) is 5.10 Å². The third-order valence-corrected chi connectivity index (χ3v) is 3.13. The van der Waals surface area contributed by atoms with Gasteiger partial charge in [0.2, 0.25) is 0 Å². The maximum Gasteiger partial charge on any atom is 0.257 e. The van der Waals surface area contributed by atoms with Crippen molar-refractivity contribution in [3.05, 3.63) is 17.0 Å². The first-order chi connectivity index (χ1) is 7.59. The van der Waals surface area contributed by atoms with Crippen molar-refractivity contribution in [1.29, 1.82) is 0 Å². The number of nitrogens with zero attached hydrogens (tertiary/aromatic N) is 3.